The second-order valence-electron chi connectivity index (χ2n) is 7.59. The SMILES string of the molecule is Cc1[nH]c2ccccc2c1CC(=O)NCC(C)N1CCc2ccccc2C1. The highest BCUT2D eigenvalue weighted by Gasteiger charge is 2.21. The summed E-state index contributed by atoms with van der Waals surface area (Å²) in [6.45, 7) is 6.94. The molecule has 4 heteroatoms. The van der Waals surface area contributed by atoms with Crippen LogP contribution in [0.4, 0.5) is 0 Å². The lowest BCUT2D eigenvalue weighted by molar-refractivity contribution is -0.120. The Balaban J connectivity index is 1.35. The molecule has 1 aromatic heterocycles. The third kappa shape index (κ3) is 3.76. The molecule has 1 amide bonds. The molecule has 2 heterocycles. The summed E-state index contributed by atoms with van der Waals surface area (Å²) in [5, 5.41) is 4.28. The largest absolute Gasteiger partial charge is 0.358 e. The van der Waals surface area contributed by atoms with Crippen molar-refractivity contribution in [3.63, 3.8) is 0 Å². The van der Waals surface area contributed by atoms with Crippen LogP contribution in [0.15, 0.2) is 48.5 Å². The molecule has 0 bridgehead atoms. The highest BCUT2D eigenvalue weighted by molar-refractivity contribution is 5.90. The van der Waals surface area contributed by atoms with Crippen molar-refractivity contribution >= 4 is 16.8 Å². The molecular weight excluding hydrogens is 334 g/mol. The first-order valence-corrected chi connectivity index (χ1v) is 9.75. The van der Waals surface area contributed by atoms with E-state index >= 15 is 0 Å². The molecule has 0 aliphatic carbocycles. The van der Waals surface area contributed by atoms with Gasteiger partial charge in [0.1, 0.15) is 0 Å². The lowest BCUT2D eigenvalue weighted by Crippen LogP contribution is -2.44. The fraction of sp³-hybridized carbons (Fsp3) is 0.348. The molecule has 3 aromatic rings. The number of aromatic amines is 1. The number of nitrogens with zero attached hydrogens (tertiary/aromatic N) is 1. The van der Waals surface area contributed by atoms with Gasteiger partial charge in [-0.15, -0.1) is 0 Å². The lowest BCUT2D eigenvalue weighted by Gasteiger charge is -2.33. The van der Waals surface area contributed by atoms with Crippen molar-refractivity contribution in [3.8, 4) is 0 Å². The van der Waals surface area contributed by atoms with Crippen molar-refractivity contribution in [1.82, 2.24) is 15.2 Å². The Hall–Kier alpha value is -2.59. The molecular formula is C23H27N3O. The molecule has 1 atom stereocenters. The molecule has 0 saturated carbocycles. The molecule has 0 fully saturated rings. The lowest BCUT2D eigenvalue weighted by atomic mass is 9.99. The van der Waals surface area contributed by atoms with Crippen LogP contribution in [-0.2, 0) is 24.2 Å². The van der Waals surface area contributed by atoms with Crippen LogP contribution in [0, 0.1) is 6.92 Å². The smallest absolute Gasteiger partial charge is 0.224 e. The van der Waals surface area contributed by atoms with Gasteiger partial charge >= 0.3 is 0 Å². The van der Waals surface area contributed by atoms with Crippen LogP contribution < -0.4 is 5.32 Å². The minimum atomic E-state index is 0.0899. The monoisotopic (exact) mass is 361 g/mol. The fourth-order valence-corrected chi connectivity index (χ4v) is 4.07. The number of fused-ring (bicyclic) bond motifs is 2. The van der Waals surface area contributed by atoms with Crippen molar-refractivity contribution in [3.05, 3.63) is 70.9 Å². The summed E-state index contributed by atoms with van der Waals surface area (Å²) in [7, 11) is 0. The third-order valence-electron chi connectivity index (χ3n) is 5.74. The van der Waals surface area contributed by atoms with Crippen molar-refractivity contribution < 1.29 is 4.79 Å². The summed E-state index contributed by atoms with van der Waals surface area (Å²) >= 11 is 0. The molecule has 2 N–H and O–H groups in total. The summed E-state index contributed by atoms with van der Waals surface area (Å²) in [5.41, 5.74) is 6.14. The number of carbonyl (C=O) groups excluding carboxylic acids is 1. The Morgan fingerprint density at radius 2 is 1.89 bits per heavy atom. The number of benzene rings is 2. The number of rotatable bonds is 5. The fourth-order valence-electron chi connectivity index (χ4n) is 4.07. The van der Waals surface area contributed by atoms with Gasteiger partial charge in [-0.3, -0.25) is 9.69 Å². The number of H-pyrrole nitrogens is 1. The summed E-state index contributed by atoms with van der Waals surface area (Å²) in [6, 6.07) is 17.2. The average molecular weight is 361 g/mol. The highest BCUT2D eigenvalue weighted by Crippen LogP contribution is 2.22. The predicted molar refractivity (Wildman–Crippen MR) is 110 cm³/mol. The second kappa shape index (κ2) is 7.57. The van der Waals surface area contributed by atoms with Gasteiger partial charge in [-0.1, -0.05) is 42.5 Å². The van der Waals surface area contributed by atoms with Crippen LogP contribution in [0.2, 0.25) is 0 Å². The van der Waals surface area contributed by atoms with Gasteiger partial charge in [-0.2, -0.15) is 0 Å². The Morgan fingerprint density at radius 3 is 2.74 bits per heavy atom. The van der Waals surface area contributed by atoms with E-state index in [1.165, 1.54) is 11.1 Å². The van der Waals surface area contributed by atoms with E-state index < -0.39 is 0 Å². The summed E-state index contributed by atoms with van der Waals surface area (Å²) in [5.74, 6) is 0.0899. The molecule has 2 aromatic carbocycles. The zero-order chi connectivity index (χ0) is 18.8. The van der Waals surface area contributed by atoms with Crippen LogP contribution in [0.1, 0.15) is 29.3 Å². The zero-order valence-electron chi connectivity index (χ0n) is 16.1. The van der Waals surface area contributed by atoms with E-state index in [2.05, 4.69) is 58.5 Å². The van der Waals surface area contributed by atoms with Gasteiger partial charge < -0.3 is 10.3 Å². The number of aryl methyl sites for hydroxylation is 1. The van der Waals surface area contributed by atoms with Gasteiger partial charge in [0.2, 0.25) is 5.91 Å². The molecule has 0 spiro atoms. The molecule has 0 saturated heterocycles. The van der Waals surface area contributed by atoms with Gasteiger partial charge in [0.25, 0.3) is 0 Å². The van der Waals surface area contributed by atoms with E-state index in [1.54, 1.807) is 0 Å². The third-order valence-corrected chi connectivity index (χ3v) is 5.74. The van der Waals surface area contributed by atoms with E-state index in [9.17, 15) is 4.79 Å². The number of aromatic nitrogens is 1. The van der Waals surface area contributed by atoms with Crippen molar-refractivity contribution in [1.29, 1.82) is 0 Å². The number of hydrogen-bond acceptors (Lipinski definition) is 2. The molecule has 140 valence electrons. The van der Waals surface area contributed by atoms with E-state index in [0.717, 1.165) is 41.7 Å². The van der Waals surface area contributed by atoms with E-state index in [-0.39, 0.29) is 5.91 Å². The Kier molecular flexibility index (Phi) is 4.99. The maximum atomic E-state index is 12.5. The van der Waals surface area contributed by atoms with Crippen LogP contribution in [0.3, 0.4) is 0 Å². The zero-order valence-corrected chi connectivity index (χ0v) is 16.1. The normalized spacial score (nSPS) is 15.5. The van der Waals surface area contributed by atoms with Crippen molar-refractivity contribution in [2.75, 3.05) is 13.1 Å². The van der Waals surface area contributed by atoms with Crippen molar-refractivity contribution in [2.45, 2.75) is 39.3 Å². The molecule has 1 aliphatic heterocycles. The molecule has 1 unspecified atom stereocenters. The van der Waals surface area contributed by atoms with Gasteiger partial charge in [0.15, 0.2) is 0 Å². The summed E-state index contributed by atoms with van der Waals surface area (Å²) in [4.78, 5) is 18.4. The number of amides is 1. The molecule has 27 heavy (non-hydrogen) atoms. The predicted octanol–water partition coefficient (Wildman–Crippen LogP) is 3.58. The average Bonchev–Trinajstić information content (AvgIpc) is 3.01. The maximum absolute atomic E-state index is 12.5. The van der Waals surface area contributed by atoms with Crippen LogP contribution in [-0.4, -0.2) is 34.9 Å². The summed E-state index contributed by atoms with van der Waals surface area (Å²) < 4.78 is 0. The van der Waals surface area contributed by atoms with E-state index in [1.807, 2.05) is 19.1 Å². The standard InChI is InChI=1S/C23H27N3O/c1-16(26-12-11-18-7-3-4-8-19(18)15-26)14-24-23(27)13-21-17(2)25-22-10-6-5-9-20(21)22/h3-10,16,25H,11-15H2,1-2H3,(H,24,27). The second-order valence-corrected chi connectivity index (χ2v) is 7.59. The van der Waals surface area contributed by atoms with Crippen LogP contribution >= 0.6 is 0 Å². The minimum Gasteiger partial charge on any atom is -0.358 e. The highest BCUT2D eigenvalue weighted by atomic mass is 16.1. The van der Waals surface area contributed by atoms with Crippen LogP contribution in [0.5, 0.6) is 0 Å². The minimum absolute atomic E-state index is 0.0899. The quantitative estimate of drug-likeness (QED) is 0.730. The molecule has 4 nitrogen and oxygen atoms in total. The molecule has 0 radical (unpaired) electrons. The Bertz CT molecular complexity index is 959. The van der Waals surface area contributed by atoms with Gasteiger partial charge in [-0.05, 0) is 43.0 Å². The Labute approximate surface area is 160 Å². The summed E-state index contributed by atoms with van der Waals surface area (Å²) in [6.07, 6.45) is 1.51. The first-order valence-electron chi connectivity index (χ1n) is 9.75. The number of carbonyl (C=O) groups is 1. The van der Waals surface area contributed by atoms with Gasteiger partial charge in [0.05, 0.1) is 6.42 Å². The van der Waals surface area contributed by atoms with Gasteiger partial charge in [0, 0.05) is 42.3 Å². The Morgan fingerprint density at radius 1 is 1.15 bits per heavy atom. The topological polar surface area (TPSA) is 48.1 Å². The maximum Gasteiger partial charge on any atom is 0.224 e. The number of nitrogens with one attached hydrogen (secondary N) is 2. The first kappa shape index (κ1) is 17.8. The van der Waals surface area contributed by atoms with Crippen molar-refractivity contribution in [2.24, 2.45) is 0 Å². The van der Waals surface area contributed by atoms with Crippen LogP contribution in [0.25, 0.3) is 10.9 Å². The van der Waals surface area contributed by atoms with E-state index in [0.29, 0.717) is 19.0 Å². The molecule has 1 aliphatic rings. The molecule has 4 rings (SSSR count). The number of hydrogen-bond donors (Lipinski definition) is 2. The first-order chi connectivity index (χ1) is 13.1. The van der Waals surface area contributed by atoms with E-state index in [4.69, 9.17) is 0 Å². The van der Waals surface area contributed by atoms with Gasteiger partial charge in [-0.25, -0.2) is 0 Å². The number of para-hydroxylation sites is 1.